The lowest BCUT2D eigenvalue weighted by molar-refractivity contribution is 0.430. The van der Waals surface area contributed by atoms with Gasteiger partial charge in [0.1, 0.15) is 0 Å². The summed E-state index contributed by atoms with van der Waals surface area (Å²) in [5, 5.41) is 6.87. The van der Waals surface area contributed by atoms with Gasteiger partial charge in [0.05, 0.1) is 0 Å². The van der Waals surface area contributed by atoms with Crippen molar-refractivity contribution in [3.63, 3.8) is 0 Å². The van der Waals surface area contributed by atoms with Gasteiger partial charge in [0.25, 0.3) is 0 Å². The third kappa shape index (κ3) is 2.03. The van der Waals surface area contributed by atoms with Gasteiger partial charge >= 0.3 is 0 Å². The van der Waals surface area contributed by atoms with Crippen molar-refractivity contribution in [2.24, 2.45) is 0 Å². The van der Waals surface area contributed by atoms with Crippen LogP contribution in [0.4, 0.5) is 0 Å². The summed E-state index contributed by atoms with van der Waals surface area (Å²) in [7, 11) is 0. The Morgan fingerprint density at radius 2 is 2.29 bits per heavy atom. The first-order valence-electron chi connectivity index (χ1n) is 5.06. The highest BCUT2D eigenvalue weighted by Crippen LogP contribution is 2.15. The smallest absolute Gasteiger partial charge is 0.0447 e. The molecule has 1 saturated heterocycles. The van der Waals surface area contributed by atoms with E-state index in [1.165, 1.54) is 11.1 Å². The molecule has 2 rings (SSSR count). The second kappa shape index (κ2) is 4.40. The van der Waals surface area contributed by atoms with Gasteiger partial charge in [-0.15, -0.1) is 0 Å². The van der Waals surface area contributed by atoms with Crippen LogP contribution < -0.4 is 10.6 Å². The van der Waals surface area contributed by atoms with Crippen molar-refractivity contribution in [1.29, 1.82) is 0 Å². The zero-order valence-electron chi connectivity index (χ0n) is 8.29. The summed E-state index contributed by atoms with van der Waals surface area (Å²) in [5.41, 5.74) is 2.53. The van der Waals surface area contributed by atoms with Crippen LogP contribution in [0.5, 0.6) is 0 Å². The molecule has 0 saturated carbocycles. The van der Waals surface area contributed by atoms with Gasteiger partial charge in [0, 0.05) is 25.7 Å². The highest BCUT2D eigenvalue weighted by atomic mass is 15.1. The molecule has 1 atom stereocenters. The molecule has 0 radical (unpaired) electrons. The zero-order chi connectivity index (χ0) is 9.80. The molecule has 1 aromatic carbocycles. The van der Waals surface area contributed by atoms with E-state index < -0.39 is 0 Å². The maximum absolute atomic E-state index is 3.78. The summed E-state index contributed by atoms with van der Waals surface area (Å²) in [6.07, 6.45) is 1.89. The van der Waals surface area contributed by atoms with Gasteiger partial charge < -0.3 is 10.6 Å². The fraction of sp³-hybridized carbons (Fsp3) is 0.333. The maximum atomic E-state index is 3.78. The minimum Gasteiger partial charge on any atom is -0.314 e. The molecule has 14 heavy (non-hydrogen) atoms. The van der Waals surface area contributed by atoms with E-state index in [4.69, 9.17) is 0 Å². The van der Waals surface area contributed by atoms with Gasteiger partial charge in [-0.3, -0.25) is 0 Å². The molecule has 0 aromatic heterocycles. The van der Waals surface area contributed by atoms with Crippen molar-refractivity contribution in [3.05, 3.63) is 42.0 Å². The first kappa shape index (κ1) is 9.44. The van der Waals surface area contributed by atoms with Crippen LogP contribution in [0.25, 0.3) is 6.08 Å². The van der Waals surface area contributed by atoms with Crippen LogP contribution in [0.3, 0.4) is 0 Å². The molecular formula is C12H16N2. The summed E-state index contributed by atoms with van der Waals surface area (Å²) < 4.78 is 0. The Labute approximate surface area is 85.0 Å². The Kier molecular flexibility index (Phi) is 2.96. The zero-order valence-corrected chi connectivity index (χ0v) is 8.29. The molecule has 2 N–H and O–H groups in total. The van der Waals surface area contributed by atoms with Crippen molar-refractivity contribution in [2.75, 3.05) is 19.6 Å². The molecule has 2 nitrogen and oxygen atoms in total. The summed E-state index contributed by atoms with van der Waals surface area (Å²) in [6, 6.07) is 8.97. The second-order valence-corrected chi connectivity index (χ2v) is 3.59. The van der Waals surface area contributed by atoms with E-state index in [0.29, 0.717) is 6.04 Å². The lowest BCUT2D eigenvalue weighted by Crippen LogP contribution is -2.42. The van der Waals surface area contributed by atoms with Gasteiger partial charge in [-0.2, -0.15) is 0 Å². The summed E-state index contributed by atoms with van der Waals surface area (Å²) in [4.78, 5) is 0. The van der Waals surface area contributed by atoms with Crippen molar-refractivity contribution < 1.29 is 0 Å². The van der Waals surface area contributed by atoms with E-state index in [-0.39, 0.29) is 0 Å². The highest BCUT2D eigenvalue weighted by molar-refractivity contribution is 5.48. The normalized spacial score (nSPS) is 21.9. The predicted molar refractivity (Wildman–Crippen MR) is 60.1 cm³/mol. The van der Waals surface area contributed by atoms with E-state index in [2.05, 4.69) is 41.5 Å². The Hall–Kier alpha value is -1.12. The minimum absolute atomic E-state index is 0.448. The molecule has 74 valence electrons. The molecule has 1 fully saturated rings. The van der Waals surface area contributed by atoms with Crippen LogP contribution in [0.1, 0.15) is 17.2 Å². The van der Waals surface area contributed by atoms with Crippen molar-refractivity contribution in [2.45, 2.75) is 6.04 Å². The quantitative estimate of drug-likeness (QED) is 0.736. The maximum Gasteiger partial charge on any atom is 0.0447 e. The number of rotatable bonds is 2. The molecule has 0 bridgehead atoms. The SMILES string of the molecule is C=Cc1cccc([C@H]2CNCCN2)c1. The summed E-state index contributed by atoms with van der Waals surface area (Å²) in [5.74, 6) is 0. The Morgan fingerprint density at radius 3 is 3.00 bits per heavy atom. The topological polar surface area (TPSA) is 24.1 Å². The molecule has 1 aliphatic heterocycles. The second-order valence-electron chi connectivity index (χ2n) is 3.59. The van der Waals surface area contributed by atoms with Gasteiger partial charge in [0.2, 0.25) is 0 Å². The number of hydrogen-bond donors (Lipinski definition) is 2. The van der Waals surface area contributed by atoms with E-state index in [9.17, 15) is 0 Å². The molecule has 0 aliphatic carbocycles. The summed E-state index contributed by atoms with van der Waals surface area (Å²) in [6.45, 7) is 6.91. The Bertz CT molecular complexity index is 314. The summed E-state index contributed by atoms with van der Waals surface area (Å²) >= 11 is 0. The lowest BCUT2D eigenvalue weighted by Gasteiger charge is -2.25. The van der Waals surface area contributed by atoms with Crippen LogP contribution >= 0.6 is 0 Å². The van der Waals surface area contributed by atoms with E-state index in [0.717, 1.165) is 19.6 Å². The lowest BCUT2D eigenvalue weighted by atomic mass is 10.0. The largest absolute Gasteiger partial charge is 0.314 e. The van der Waals surface area contributed by atoms with Gasteiger partial charge in [-0.05, 0) is 11.1 Å². The molecule has 1 aliphatic rings. The highest BCUT2D eigenvalue weighted by Gasteiger charge is 2.13. The number of piperazine rings is 1. The van der Waals surface area contributed by atoms with E-state index >= 15 is 0 Å². The minimum atomic E-state index is 0.448. The van der Waals surface area contributed by atoms with E-state index in [1.54, 1.807) is 0 Å². The average Bonchev–Trinajstić information content (AvgIpc) is 2.30. The van der Waals surface area contributed by atoms with Crippen LogP contribution in [-0.4, -0.2) is 19.6 Å². The fourth-order valence-electron chi connectivity index (χ4n) is 1.79. The van der Waals surface area contributed by atoms with Gasteiger partial charge in [-0.1, -0.05) is 36.9 Å². The van der Waals surface area contributed by atoms with E-state index in [1.807, 2.05) is 6.08 Å². The van der Waals surface area contributed by atoms with Crippen LogP contribution in [0.15, 0.2) is 30.8 Å². The molecule has 0 unspecified atom stereocenters. The molecule has 1 heterocycles. The third-order valence-corrected chi connectivity index (χ3v) is 2.59. The number of hydrogen-bond acceptors (Lipinski definition) is 2. The monoisotopic (exact) mass is 188 g/mol. The average molecular weight is 188 g/mol. The standard InChI is InChI=1S/C12H16N2/c1-2-10-4-3-5-11(8-10)12-9-13-6-7-14-12/h2-5,8,12-14H,1,6-7,9H2/t12-/m1/s1. The fourth-order valence-corrected chi connectivity index (χ4v) is 1.79. The Balaban J connectivity index is 2.17. The first-order chi connectivity index (χ1) is 6.90. The Morgan fingerprint density at radius 1 is 1.36 bits per heavy atom. The van der Waals surface area contributed by atoms with Crippen molar-refractivity contribution in [1.82, 2.24) is 10.6 Å². The molecule has 0 spiro atoms. The van der Waals surface area contributed by atoms with Crippen LogP contribution in [-0.2, 0) is 0 Å². The number of nitrogens with one attached hydrogen (secondary N) is 2. The third-order valence-electron chi connectivity index (χ3n) is 2.59. The van der Waals surface area contributed by atoms with Crippen molar-refractivity contribution in [3.8, 4) is 0 Å². The predicted octanol–water partition coefficient (Wildman–Crippen LogP) is 1.56. The molecule has 2 heteroatoms. The molecule has 1 aromatic rings. The van der Waals surface area contributed by atoms with Crippen LogP contribution in [0.2, 0.25) is 0 Å². The molecule has 0 amide bonds. The van der Waals surface area contributed by atoms with Gasteiger partial charge in [0.15, 0.2) is 0 Å². The number of benzene rings is 1. The van der Waals surface area contributed by atoms with Crippen LogP contribution in [0, 0.1) is 0 Å². The van der Waals surface area contributed by atoms with Crippen molar-refractivity contribution >= 4 is 6.08 Å². The van der Waals surface area contributed by atoms with Gasteiger partial charge in [-0.25, -0.2) is 0 Å². The molecular weight excluding hydrogens is 172 g/mol. The first-order valence-corrected chi connectivity index (χ1v) is 5.06.